The molecule has 3 aromatic rings. The maximum absolute atomic E-state index is 12.4. The molecule has 0 aliphatic heterocycles. The van der Waals surface area contributed by atoms with Crippen molar-refractivity contribution in [2.45, 2.75) is 13.5 Å². The SMILES string of the molecule is Cc1ccc([N+](=O)[O-])cc1NC(=O)N(C)Cc1nc2ccccc2s1. The van der Waals surface area contributed by atoms with Gasteiger partial charge in [0.25, 0.3) is 5.69 Å². The molecule has 7 nitrogen and oxygen atoms in total. The molecule has 0 aliphatic rings. The summed E-state index contributed by atoms with van der Waals surface area (Å²) in [6, 6.07) is 11.8. The fourth-order valence-electron chi connectivity index (χ4n) is 2.33. The summed E-state index contributed by atoms with van der Waals surface area (Å²) >= 11 is 1.54. The van der Waals surface area contributed by atoms with Gasteiger partial charge < -0.3 is 10.2 Å². The van der Waals surface area contributed by atoms with Crippen LogP contribution in [-0.2, 0) is 6.54 Å². The fraction of sp³-hybridized carbons (Fsp3) is 0.176. The molecule has 2 aromatic carbocycles. The first kappa shape index (κ1) is 16.8. The van der Waals surface area contributed by atoms with E-state index in [0.29, 0.717) is 12.2 Å². The summed E-state index contributed by atoms with van der Waals surface area (Å²) in [4.78, 5) is 28.8. The molecule has 0 atom stereocenters. The second-order valence-corrected chi connectivity index (χ2v) is 6.73. The minimum Gasteiger partial charge on any atom is -0.321 e. The highest BCUT2D eigenvalue weighted by atomic mass is 32.1. The number of thiazole rings is 1. The van der Waals surface area contributed by atoms with Gasteiger partial charge in [0, 0.05) is 19.2 Å². The van der Waals surface area contributed by atoms with Crippen LogP contribution in [0.15, 0.2) is 42.5 Å². The van der Waals surface area contributed by atoms with Gasteiger partial charge in [-0.15, -0.1) is 11.3 Å². The van der Waals surface area contributed by atoms with Crippen LogP contribution in [0.1, 0.15) is 10.6 Å². The van der Waals surface area contributed by atoms with Crippen LogP contribution in [-0.4, -0.2) is 27.9 Å². The molecule has 0 aliphatic carbocycles. The Morgan fingerprint density at radius 1 is 1.32 bits per heavy atom. The maximum atomic E-state index is 12.4. The lowest BCUT2D eigenvalue weighted by Crippen LogP contribution is -2.31. The number of carbonyl (C=O) groups is 1. The highest BCUT2D eigenvalue weighted by molar-refractivity contribution is 7.18. The van der Waals surface area contributed by atoms with Crippen molar-refractivity contribution >= 4 is 39.0 Å². The molecule has 25 heavy (non-hydrogen) atoms. The van der Waals surface area contributed by atoms with E-state index in [1.165, 1.54) is 28.4 Å². The third-order valence-electron chi connectivity index (χ3n) is 3.73. The van der Waals surface area contributed by atoms with Crippen LogP contribution in [0.3, 0.4) is 0 Å². The number of nitrogens with zero attached hydrogens (tertiary/aromatic N) is 3. The summed E-state index contributed by atoms with van der Waals surface area (Å²) in [6.45, 7) is 2.14. The van der Waals surface area contributed by atoms with Crippen molar-refractivity contribution in [3.8, 4) is 0 Å². The number of nitro benzene ring substituents is 1. The zero-order valence-electron chi connectivity index (χ0n) is 13.7. The monoisotopic (exact) mass is 356 g/mol. The number of non-ortho nitro benzene ring substituents is 1. The fourth-order valence-corrected chi connectivity index (χ4v) is 3.35. The lowest BCUT2D eigenvalue weighted by atomic mass is 10.2. The van der Waals surface area contributed by atoms with Crippen LogP contribution in [0.25, 0.3) is 10.2 Å². The number of fused-ring (bicyclic) bond motifs is 1. The van der Waals surface area contributed by atoms with Gasteiger partial charge in [-0.25, -0.2) is 9.78 Å². The predicted octanol–water partition coefficient (Wildman–Crippen LogP) is 4.18. The van der Waals surface area contributed by atoms with E-state index in [-0.39, 0.29) is 11.7 Å². The second kappa shape index (κ2) is 6.86. The Bertz CT molecular complexity index is 921. The van der Waals surface area contributed by atoms with Crippen molar-refractivity contribution in [3.63, 3.8) is 0 Å². The van der Waals surface area contributed by atoms with Crippen LogP contribution in [0.4, 0.5) is 16.2 Å². The Morgan fingerprint density at radius 2 is 2.08 bits per heavy atom. The first-order valence-electron chi connectivity index (χ1n) is 7.55. The Kier molecular flexibility index (Phi) is 4.62. The summed E-state index contributed by atoms with van der Waals surface area (Å²) in [7, 11) is 1.66. The normalized spacial score (nSPS) is 10.6. The minimum atomic E-state index is -0.486. The molecule has 0 spiro atoms. The van der Waals surface area contributed by atoms with Crippen LogP contribution in [0, 0.1) is 17.0 Å². The van der Waals surface area contributed by atoms with Crippen molar-refractivity contribution < 1.29 is 9.72 Å². The number of aromatic nitrogens is 1. The van der Waals surface area contributed by atoms with Crippen molar-refractivity contribution in [2.75, 3.05) is 12.4 Å². The number of benzene rings is 2. The van der Waals surface area contributed by atoms with E-state index < -0.39 is 4.92 Å². The number of carbonyl (C=O) groups excluding carboxylic acids is 1. The first-order valence-corrected chi connectivity index (χ1v) is 8.37. The minimum absolute atomic E-state index is 0.0604. The summed E-state index contributed by atoms with van der Waals surface area (Å²) < 4.78 is 1.07. The smallest absolute Gasteiger partial charge is 0.321 e. The van der Waals surface area contributed by atoms with Crippen molar-refractivity contribution in [1.29, 1.82) is 0 Å². The number of rotatable bonds is 4. The van der Waals surface area contributed by atoms with E-state index in [9.17, 15) is 14.9 Å². The Hall–Kier alpha value is -3.00. The number of hydrogen-bond acceptors (Lipinski definition) is 5. The molecule has 0 saturated heterocycles. The molecule has 3 rings (SSSR count). The lowest BCUT2D eigenvalue weighted by molar-refractivity contribution is -0.384. The number of anilines is 1. The highest BCUT2D eigenvalue weighted by Gasteiger charge is 2.15. The highest BCUT2D eigenvalue weighted by Crippen LogP contribution is 2.24. The molecule has 0 bridgehead atoms. The Labute approximate surface area is 148 Å². The van der Waals surface area contributed by atoms with E-state index >= 15 is 0 Å². The predicted molar refractivity (Wildman–Crippen MR) is 97.9 cm³/mol. The van der Waals surface area contributed by atoms with Gasteiger partial charge in [-0.05, 0) is 24.6 Å². The molecule has 1 N–H and O–H groups in total. The molecule has 1 heterocycles. The average molecular weight is 356 g/mol. The van der Waals surface area contributed by atoms with Gasteiger partial charge in [-0.1, -0.05) is 18.2 Å². The molecule has 0 fully saturated rings. The van der Waals surface area contributed by atoms with E-state index in [4.69, 9.17) is 0 Å². The van der Waals surface area contributed by atoms with Crippen molar-refractivity contribution in [3.05, 3.63) is 63.1 Å². The molecule has 1 aromatic heterocycles. The van der Waals surface area contributed by atoms with Gasteiger partial charge in [-0.3, -0.25) is 10.1 Å². The largest absolute Gasteiger partial charge is 0.321 e. The molecule has 2 amide bonds. The summed E-state index contributed by atoms with van der Waals surface area (Å²) in [5, 5.41) is 14.4. The number of amides is 2. The summed E-state index contributed by atoms with van der Waals surface area (Å²) in [5.74, 6) is 0. The zero-order chi connectivity index (χ0) is 18.0. The van der Waals surface area contributed by atoms with Crippen molar-refractivity contribution in [1.82, 2.24) is 9.88 Å². The van der Waals surface area contributed by atoms with Crippen LogP contribution in [0.2, 0.25) is 0 Å². The number of para-hydroxylation sites is 1. The van der Waals surface area contributed by atoms with E-state index in [0.717, 1.165) is 20.8 Å². The summed E-state index contributed by atoms with van der Waals surface area (Å²) in [5.41, 5.74) is 2.03. The molecule has 8 heteroatoms. The standard InChI is InChI=1S/C17H16N4O3S/c1-11-7-8-12(21(23)24)9-14(11)19-17(22)20(2)10-16-18-13-5-3-4-6-15(13)25-16/h3-9H,10H2,1-2H3,(H,19,22). The maximum Gasteiger partial charge on any atom is 0.321 e. The number of nitro groups is 1. The average Bonchev–Trinajstić information content (AvgIpc) is 2.98. The van der Waals surface area contributed by atoms with Crippen LogP contribution < -0.4 is 5.32 Å². The number of hydrogen-bond donors (Lipinski definition) is 1. The Balaban J connectivity index is 1.72. The molecule has 0 radical (unpaired) electrons. The first-order chi connectivity index (χ1) is 11.9. The van der Waals surface area contributed by atoms with E-state index in [1.54, 1.807) is 20.0 Å². The zero-order valence-corrected chi connectivity index (χ0v) is 14.5. The van der Waals surface area contributed by atoms with Crippen LogP contribution in [0.5, 0.6) is 0 Å². The molecule has 0 saturated carbocycles. The van der Waals surface area contributed by atoms with Gasteiger partial charge in [0.05, 0.1) is 27.4 Å². The summed E-state index contributed by atoms with van der Waals surface area (Å²) in [6.07, 6.45) is 0. The van der Waals surface area contributed by atoms with E-state index in [1.807, 2.05) is 24.3 Å². The number of nitrogens with one attached hydrogen (secondary N) is 1. The number of urea groups is 1. The van der Waals surface area contributed by atoms with Gasteiger partial charge >= 0.3 is 6.03 Å². The third kappa shape index (κ3) is 3.74. The van der Waals surface area contributed by atoms with Crippen molar-refractivity contribution in [2.24, 2.45) is 0 Å². The van der Waals surface area contributed by atoms with Gasteiger partial charge in [0.1, 0.15) is 5.01 Å². The quantitative estimate of drug-likeness (QED) is 0.561. The molecule has 128 valence electrons. The number of aryl methyl sites for hydroxylation is 1. The molecular weight excluding hydrogens is 340 g/mol. The molecular formula is C17H16N4O3S. The third-order valence-corrected chi connectivity index (χ3v) is 4.75. The van der Waals surface area contributed by atoms with Crippen LogP contribution >= 0.6 is 11.3 Å². The Morgan fingerprint density at radius 3 is 2.80 bits per heavy atom. The van der Waals surface area contributed by atoms with Gasteiger partial charge in [0.15, 0.2) is 0 Å². The lowest BCUT2D eigenvalue weighted by Gasteiger charge is -2.17. The molecule has 0 unspecified atom stereocenters. The van der Waals surface area contributed by atoms with Gasteiger partial charge in [-0.2, -0.15) is 0 Å². The van der Waals surface area contributed by atoms with E-state index in [2.05, 4.69) is 10.3 Å². The topological polar surface area (TPSA) is 88.4 Å². The second-order valence-electron chi connectivity index (χ2n) is 5.62. The van der Waals surface area contributed by atoms with Gasteiger partial charge in [0.2, 0.25) is 0 Å².